The largest absolute Gasteiger partial charge is 0.380 e. The quantitative estimate of drug-likeness (QED) is 0.752. The summed E-state index contributed by atoms with van der Waals surface area (Å²) in [5.74, 6) is 0.611. The third-order valence-corrected chi connectivity index (χ3v) is 5.09. The van der Waals surface area contributed by atoms with Crippen molar-refractivity contribution in [3.8, 4) is 0 Å². The average molecular weight is 311 g/mol. The highest BCUT2D eigenvalue weighted by atomic mass is 16.5. The number of carbonyl (C=O) groups is 1. The average Bonchev–Trinajstić information content (AvgIpc) is 2.54. The van der Waals surface area contributed by atoms with Crippen LogP contribution in [0.5, 0.6) is 0 Å². The van der Waals surface area contributed by atoms with Crippen molar-refractivity contribution in [2.45, 2.75) is 52.1 Å². The monoisotopic (exact) mass is 311 g/mol. The van der Waals surface area contributed by atoms with E-state index in [0.717, 1.165) is 65.2 Å². The highest BCUT2D eigenvalue weighted by molar-refractivity contribution is 5.79. The zero-order valence-electron chi connectivity index (χ0n) is 14.5. The molecule has 0 radical (unpaired) electrons. The topological polar surface area (TPSA) is 44.8 Å². The van der Waals surface area contributed by atoms with E-state index >= 15 is 0 Å². The van der Waals surface area contributed by atoms with Crippen molar-refractivity contribution in [1.29, 1.82) is 0 Å². The molecule has 2 aliphatic heterocycles. The SMILES string of the molecule is CCOCCN1CCN(C(=O)[C@H]2CCN[C@@H](C)C2)CC1CC. The van der Waals surface area contributed by atoms with Crippen LogP contribution >= 0.6 is 0 Å². The lowest BCUT2D eigenvalue weighted by Gasteiger charge is -2.43. The Morgan fingerprint density at radius 3 is 2.82 bits per heavy atom. The molecule has 2 heterocycles. The number of nitrogens with zero attached hydrogens (tertiary/aromatic N) is 2. The first-order valence-electron chi connectivity index (χ1n) is 8.99. The van der Waals surface area contributed by atoms with Crippen LogP contribution < -0.4 is 5.32 Å². The Balaban J connectivity index is 1.85. The van der Waals surface area contributed by atoms with Gasteiger partial charge in [-0.25, -0.2) is 0 Å². The first kappa shape index (κ1) is 17.7. The van der Waals surface area contributed by atoms with Gasteiger partial charge >= 0.3 is 0 Å². The maximum atomic E-state index is 12.8. The van der Waals surface area contributed by atoms with E-state index in [0.29, 0.717) is 18.0 Å². The van der Waals surface area contributed by atoms with Gasteiger partial charge < -0.3 is 15.0 Å². The van der Waals surface area contributed by atoms with Gasteiger partial charge in [-0.3, -0.25) is 9.69 Å². The summed E-state index contributed by atoms with van der Waals surface area (Å²) >= 11 is 0. The lowest BCUT2D eigenvalue weighted by molar-refractivity contribution is -0.140. The molecule has 3 atom stereocenters. The molecule has 2 aliphatic rings. The zero-order valence-corrected chi connectivity index (χ0v) is 14.5. The Hall–Kier alpha value is -0.650. The van der Waals surface area contributed by atoms with Crippen LogP contribution in [0.1, 0.15) is 40.0 Å². The summed E-state index contributed by atoms with van der Waals surface area (Å²) in [6, 6.07) is 0.953. The third kappa shape index (κ3) is 4.67. The van der Waals surface area contributed by atoms with Gasteiger partial charge in [0.1, 0.15) is 0 Å². The zero-order chi connectivity index (χ0) is 15.9. The van der Waals surface area contributed by atoms with Crippen molar-refractivity contribution in [1.82, 2.24) is 15.1 Å². The summed E-state index contributed by atoms with van der Waals surface area (Å²) in [5.41, 5.74) is 0. The molecule has 128 valence electrons. The second-order valence-electron chi connectivity index (χ2n) is 6.66. The van der Waals surface area contributed by atoms with E-state index < -0.39 is 0 Å². The Labute approximate surface area is 135 Å². The fourth-order valence-electron chi connectivity index (χ4n) is 3.72. The lowest BCUT2D eigenvalue weighted by Crippen LogP contribution is -2.57. The minimum atomic E-state index is 0.226. The Bertz CT molecular complexity index is 351. The molecule has 1 amide bonds. The summed E-state index contributed by atoms with van der Waals surface area (Å²) in [5, 5.41) is 3.43. The maximum Gasteiger partial charge on any atom is 0.225 e. The van der Waals surface area contributed by atoms with Crippen LogP contribution in [0.25, 0.3) is 0 Å². The van der Waals surface area contributed by atoms with Gasteiger partial charge in [0.05, 0.1) is 6.61 Å². The normalized spacial score (nSPS) is 30.5. The van der Waals surface area contributed by atoms with Crippen LogP contribution in [0.3, 0.4) is 0 Å². The number of ether oxygens (including phenoxy) is 1. The van der Waals surface area contributed by atoms with E-state index in [4.69, 9.17) is 4.74 Å². The molecule has 0 saturated carbocycles. The van der Waals surface area contributed by atoms with Gasteiger partial charge in [-0.2, -0.15) is 0 Å². The number of hydrogen-bond donors (Lipinski definition) is 1. The summed E-state index contributed by atoms with van der Waals surface area (Å²) in [6.45, 7) is 12.7. The second kappa shape index (κ2) is 8.85. The molecule has 0 aromatic heterocycles. The van der Waals surface area contributed by atoms with E-state index in [9.17, 15) is 4.79 Å². The van der Waals surface area contributed by atoms with Crippen molar-refractivity contribution < 1.29 is 9.53 Å². The molecule has 0 spiro atoms. The number of nitrogens with one attached hydrogen (secondary N) is 1. The van der Waals surface area contributed by atoms with Crippen molar-refractivity contribution in [2.24, 2.45) is 5.92 Å². The molecule has 0 aromatic rings. The van der Waals surface area contributed by atoms with Crippen LogP contribution in [0.15, 0.2) is 0 Å². The van der Waals surface area contributed by atoms with Gasteiger partial charge in [-0.1, -0.05) is 6.92 Å². The number of amides is 1. The second-order valence-corrected chi connectivity index (χ2v) is 6.66. The molecule has 2 rings (SSSR count). The smallest absolute Gasteiger partial charge is 0.225 e. The Morgan fingerprint density at radius 2 is 2.14 bits per heavy atom. The lowest BCUT2D eigenvalue weighted by atomic mass is 9.91. The van der Waals surface area contributed by atoms with Gasteiger partial charge in [0.25, 0.3) is 0 Å². The van der Waals surface area contributed by atoms with Crippen molar-refractivity contribution in [2.75, 3.05) is 45.9 Å². The molecule has 0 aliphatic carbocycles. The molecule has 5 nitrogen and oxygen atoms in total. The molecule has 2 saturated heterocycles. The fraction of sp³-hybridized carbons (Fsp3) is 0.941. The van der Waals surface area contributed by atoms with Gasteiger partial charge in [-0.05, 0) is 39.7 Å². The van der Waals surface area contributed by atoms with Gasteiger partial charge in [0, 0.05) is 50.8 Å². The molecule has 22 heavy (non-hydrogen) atoms. The molecule has 0 bridgehead atoms. The van der Waals surface area contributed by atoms with E-state index in [2.05, 4.69) is 29.0 Å². The van der Waals surface area contributed by atoms with E-state index in [1.165, 1.54) is 0 Å². The number of piperazine rings is 1. The molecule has 2 fully saturated rings. The molecule has 5 heteroatoms. The molecule has 0 aromatic carbocycles. The maximum absolute atomic E-state index is 12.8. The van der Waals surface area contributed by atoms with Crippen molar-refractivity contribution in [3.63, 3.8) is 0 Å². The summed E-state index contributed by atoms with van der Waals surface area (Å²) < 4.78 is 5.48. The summed E-state index contributed by atoms with van der Waals surface area (Å²) in [6.07, 6.45) is 3.07. The van der Waals surface area contributed by atoms with Gasteiger partial charge in [0.2, 0.25) is 5.91 Å². The van der Waals surface area contributed by atoms with Crippen LogP contribution in [0.4, 0.5) is 0 Å². The Kier molecular flexibility index (Phi) is 7.12. The van der Waals surface area contributed by atoms with Crippen molar-refractivity contribution in [3.05, 3.63) is 0 Å². The van der Waals surface area contributed by atoms with E-state index in [1.807, 2.05) is 6.92 Å². The van der Waals surface area contributed by atoms with Gasteiger partial charge in [-0.15, -0.1) is 0 Å². The number of piperidine rings is 1. The number of hydrogen-bond acceptors (Lipinski definition) is 4. The van der Waals surface area contributed by atoms with Crippen LogP contribution in [0.2, 0.25) is 0 Å². The molecule has 1 unspecified atom stereocenters. The summed E-state index contributed by atoms with van der Waals surface area (Å²) in [4.78, 5) is 17.4. The van der Waals surface area contributed by atoms with Crippen molar-refractivity contribution >= 4 is 5.91 Å². The van der Waals surface area contributed by atoms with Crippen LogP contribution in [0, 0.1) is 5.92 Å². The standard InChI is InChI=1S/C17H33N3O2/c1-4-16-13-20(9-8-19(16)10-11-22-5-2)17(21)15-6-7-18-14(3)12-15/h14-16,18H,4-13H2,1-3H3/t14-,15-,16?/m0/s1. The van der Waals surface area contributed by atoms with E-state index in [1.54, 1.807) is 0 Å². The predicted octanol–water partition coefficient (Wildman–Crippen LogP) is 1.33. The highest BCUT2D eigenvalue weighted by Gasteiger charge is 2.33. The van der Waals surface area contributed by atoms with Crippen LogP contribution in [-0.2, 0) is 9.53 Å². The first-order chi connectivity index (χ1) is 10.7. The first-order valence-corrected chi connectivity index (χ1v) is 8.99. The summed E-state index contributed by atoms with van der Waals surface area (Å²) in [7, 11) is 0. The highest BCUT2D eigenvalue weighted by Crippen LogP contribution is 2.21. The minimum Gasteiger partial charge on any atom is -0.380 e. The van der Waals surface area contributed by atoms with E-state index in [-0.39, 0.29) is 5.92 Å². The fourth-order valence-corrected chi connectivity index (χ4v) is 3.72. The van der Waals surface area contributed by atoms with Gasteiger partial charge in [0.15, 0.2) is 0 Å². The molecular formula is C17H33N3O2. The molecule has 1 N–H and O–H groups in total. The minimum absolute atomic E-state index is 0.226. The molecular weight excluding hydrogens is 278 g/mol. The third-order valence-electron chi connectivity index (χ3n) is 5.09. The Morgan fingerprint density at radius 1 is 1.32 bits per heavy atom. The predicted molar refractivity (Wildman–Crippen MR) is 88.9 cm³/mol. The number of rotatable bonds is 6. The number of carbonyl (C=O) groups excluding carboxylic acids is 1. The van der Waals surface area contributed by atoms with Crippen LogP contribution in [-0.4, -0.2) is 73.7 Å².